The van der Waals surface area contributed by atoms with E-state index in [1.807, 2.05) is 0 Å². The Balaban J connectivity index is 4.20. The van der Waals surface area contributed by atoms with Crippen LogP contribution in [0.2, 0.25) is 31.2 Å². The maximum Gasteiger partial charge on any atom is 0.306 e. The summed E-state index contributed by atoms with van der Waals surface area (Å²) in [4.78, 5) is 0. The van der Waals surface area contributed by atoms with Crippen LogP contribution in [0.25, 0.3) is 0 Å². The monoisotopic (exact) mass is 236 g/mol. The average Bonchev–Trinajstić information content (AvgIpc) is 1.81. The van der Waals surface area contributed by atoms with Gasteiger partial charge in [0.15, 0.2) is 18.1 Å². The molecule has 0 spiro atoms. The Morgan fingerprint density at radius 3 is 1.23 bits per heavy atom. The maximum absolute atomic E-state index is 6.02. The van der Waals surface area contributed by atoms with Crippen LogP contribution in [-0.2, 0) is 8.23 Å². The minimum atomic E-state index is -1.41. The highest BCUT2D eigenvalue weighted by Crippen LogP contribution is 2.28. The lowest BCUT2D eigenvalue weighted by molar-refractivity contribution is 0.391. The first-order valence-corrected chi connectivity index (χ1v) is 12.1. The summed E-state index contributed by atoms with van der Waals surface area (Å²) in [6.45, 7) is 15.6. The van der Waals surface area contributed by atoms with E-state index >= 15 is 0 Å². The molecule has 80 valence electrons. The molecule has 0 saturated carbocycles. The lowest BCUT2D eigenvalue weighted by Gasteiger charge is -2.31. The fourth-order valence-corrected chi connectivity index (χ4v) is 8.99. The van der Waals surface area contributed by atoms with Gasteiger partial charge in [-0.05, 0) is 26.2 Å². The van der Waals surface area contributed by atoms with E-state index in [1.54, 1.807) is 0 Å². The highest BCUT2D eigenvalue weighted by atomic mass is 28.4. The van der Waals surface area contributed by atoms with Gasteiger partial charge in [0, 0.05) is 5.04 Å². The van der Waals surface area contributed by atoms with Gasteiger partial charge in [-0.2, -0.15) is 0 Å². The Kier molecular flexibility index (Phi) is 5.69. The van der Waals surface area contributed by atoms with Crippen LogP contribution in [0, 0.1) is 0 Å². The third-order valence-corrected chi connectivity index (χ3v) is 9.25. The molecule has 0 bridgehead atoms. The van der Waals surface area contributed by atoms with Gasteiger partial charge >= 0.3 is 9.28 Å². The van der Waals surface area contributed by atoms with Crippen molar-refractivity contribution in [1.29, 1.82) is 0 Å². The van der Waals surface area contributed by atoms with Gasteiger partial charge in [-0.1, -0.05) is 20.8 Å². The van der Waals surface area contributed by atoms with Crippen LogP contribution in [0.4, 0.5) is 0 Å². The summed E-state index contributed by atoms with van der Waals surface area (Å²) in [5.74, 6) is 0. The van der Waals surface area contributed by atoms with E-state index in [1.165, 1.54) is 0 Å². The van der Waals surface area contributed by atoms with Crippen LogP contribution in [0.1, 0.15) is 20.8 Å². The van der Waals surface area contributed by atoms with Crippen molar-refractivity contribution in [3.63, 3.8) is 0 Å². The fourth-order valence-electron chi connectivity index (χ4n) is 0.935. The van der Waals surface area contributed by atoms with Crippen LogP contribution in [0.3, 0.4) is 0 Å². The predicted molar refractivity (Wildman–Crippen MR) is 66.8 cm³/mol. The Hall–Kier alpha value is 0.571. The summed E-state index contributed by atoms with van der Waals surface area (Å²) >= 11 is 0. The topological polar surface area (TPSA) is 18.5 Å². The zero-order valence-corrected chi connectivity index (χ0v) is 13.5. The molecule has 0 aromatic carbocycles. The molecule has 0 N–H and O–H groups in total. The van der Waals surface area contributed by atoms with Crippen molar-refractivity contribution in [2.24, 2.45) is 0 Å². The van der Waals surface area contributed by atoms with E-state index in [2.05, 4.69) is 47.0 Å². The Labute approximate surface area is 87.9 Å². The minimum absolute atomic E-state index is 0.245. The van der Waals surface area contributed by atoms with Crippen molar-refractivity contribution in [1.82, 2.24) is 0 Å². The molecule has 0 aliphatic heterocycles. The van der Waals surface area contributed by atoms with Crippen molar-refractivity contribution in [3.8, 4) is 0 Å². The first kappa shape index (κ1) is 13.6. The molecule has 0 unspecified atom stereocenters. The Morgan fingerprint density at radius 2 is 1.08 bits per heavy atom. The second kappa shape index (κ2) is 5.45. The van der Waals surface area contributed by atoms with E-state index in [-0.39, 0.29) is 5.04 Å². The van der Waals surface area contributed by atoms with Gasteiger partial charge in [0.1, 0.15) is 0 Å². The Morgan fingerprint density at radius 1 is 0.769 bits per heavy atom. The molecule has 0 aliphatic carbocycles. The van der Waals surface area contributed by atoms with Gasteiger partial charge in [0.2, 0.25) is 0 Å². The van der Waals surface area contributed by atoms with Crippen molar-refractivity contribution >= 4 is 27.4 Å². The quantitative estimate of drug-likeness (QED) is 0.695. The molecule has 2 nitrogen and oxygen atoms in total. The molecule has 0 rings (SSSR count). The summed E-state index contributed by atoms with van der Waals surface area (Å²) in [7, 11) is -3.27. The lowest BCUT2D eigenvalue weighted by Crippen LogP contribution is -2.39. The summed E-state index contributed by atoms with van der Waals surface area (Å²) < 4.78 is 12.0. The highest BCUT2D eigenvalue weighted by Gasteiger charge is 2.31. The van der Waals surface area contributed by atoms with Crippen molar-refractivity contribution in [2.75, 3.05) is 0 Å². The summed E-state index contributed by atoms with van der Waals surface area (Å²) in [5, 5.41) is 0.245. The van der Waals surface area contributed by atoms with Gasteiger partial charge in [-0.25, -0.2) is 0 Å². The second-order valence-electron chi connectivity index (χ2n) is 5.07. The number of hydrogen-bond acceptors (Lipinski definition) is 2. The molecular weight excluding hydrogens is 212 g/mol. The van der Waals surface area contributed by atoms with Gasteiger partial charge in [0.05, 0.1) is 0 Å². The van der Waals surface area contributed by atoms with Gasteiger partial charge in [-0.3, -0.25) is 0 Å². The van der Waals surface area contributed by atoms with E-state index in [9.17, 15) is 0 Å². The van der Waals surface area contributed by atoms with Crippen LogP contribution >= 0.6 is 0 Å². The molecule has 0 amide bonds. The fraction of sp³-hybridized carbons (Fsp3) is 1.00. The van der Waals surface area contributed by atoms with E-state index < -0.39 is 27.4 Å². The normalized spacial score (nSPS) is 13.4. The van der Waals surface area contributed by atoms with E-state index in [0.29, 0.717) is 0 Å². The van der Waals surface area contributed by atoms with Crippen molar-refractivity contribution in [2.45, 2.75) is 52.0 Å². The summed E-state index contributed by atoms with van der Waals surface area (Å²) in [6.07, 6.45) is 0. The van der Waals surface area contributed by atoms with E-state index in [4.69, 9.17) is 8.23 Å². The SMILES string of the molecule is C[SiH](C)O[SiH](O[SiH](C)C)C(C)(C)C. The van der Waals surface area contributed by atoms with E-state index in [0.717, 1.165) is 0 Å². The first-order chi connectivity index (χ1) is 5.73. The predicted octanol–water partition coefficient (Wildman–Crippen LogP) is 2.01. The molecule has 5 heteroatoms. The molecule has 13 heavy (non-hydrogen) atoms. The van der Waals surface area contributed by atoms with Gasteiger partial charge in [0.25, 0.3) is 0 Å². The highest BCUT2D eigenvalue weighted by molar-refractivity contribution is 6.68. The first-order valence-electron chi connectivity index (χ1n) is 5.04. The molecule has 0 atom stereocenters. The van der Waals surface area contributed by atoms with Crippen LogP contribution in [0.15, 0.2) is 0 Å². The van der Waals surface area contributed by atoms with Gasteiger partial charge < -0.3 is 8.23 Å². The molecule has 0 fully saturated rings. The molecular formula is C8H24O2Si3. The summed E-state index contributed by atoms with van der Waals surface area (Å²) in [6, 6.07) is 0. The summed E-state index contributed by atoms with van der Waals surface area (Å²) in [5.41, 5.74) is 0. The Bertz CT molecular complexity index is 133. The number of rotatable bonds is 4. The zero-order valence-electron chi connectivity index (χ0n) is 10.0. The third-order valence-electron chi connectivity index (χ3n) is 1.50. The maximum atomic E-state index is 6.02. The second-order valence-corrected chi connectivity index (χ2v) is 13.8. The zero-order chi connectivity index (χ0) is 10.6. The smallest absolute Gasteiger partial charge is 0.306 e. The standard InChI is InChI=1S/C8H24O2Si3/c1-8(2,3)13(9-11(4)5)10-12(6)7/h11-13H,1-7H3. The van der Waals surface area contributed by atoms with Crippen LogP contribution < -0.4 is 0 Å². The largest absolute Gasteiger partial charge is 0.441 e. The van der Waals surface area contributed by atoms with Crippen LogP contribution in [0.5, 0.6) is 0 Å². The number of hydrogen-bond donors (Lipinski definition) is 0. The third kappa shape index (κ3) is 6.62. The molecule has 0 aliphatic rings. The van der Waals surface area contributed by atoms with Crippen molar-refractivity contribution < 1.29 is 8.23 Å². The average molecular weight is 237 g/mol. The van der Waals surface area contributed by atoms with Gasteiger partial charge in [-0.15, -0.1) is 0 Å². The molecule has 0 saturated heterocycles. The lowest BCUT2D eigenvalue weighted by atomic mass is 10.3. The van der Waals surface area contributed by atoms with Crippen LogP contribution in [-0.4, -0.2) is 27.4 Å². The molecule has 0 radical (unpaired) electrons. The molecule has 0 aromatic heterocycles. The van der Waals surface area contributed by atoms with Crippen molar-refractivity contribution in [3.05, 3.63) is 0 Å². The minimum Gasteiger partial charge on any atom is -0.441 e. The molecule has 0 aromatic rings. The molecule has 0 heterocycles.